The third kappa shape index (κ3) is 4.48. The summed E-state index contributed by atoms with van der Waals surface area (Å²) in [4.78, 5) is 11.9. The monoisotopic (exact) mass is 344 g/mol. The molecule has 2 N–H and O–H groups in total. The molecule has 1 unspecified atom stereocenters. The third-order valence-corrected chi connectivity index (χ3v) is 4.80. The van der Waals surface area contributed by atoms with Crippen LogP contribution in [0.25, 0.3) is 0 Å². The molecule has 0 saturated carbocycles. The van der Waals surface area contributed by atoms with E-state index in [0.29, 0.717) is 17.4 Å². The minimum absolute atomic E-state index is 0.0496. The molecule has 1 heterocycles. The number of hydrogen-bond acceptors (Lipinski definition) is 2. The van der Waals surface area contributed by atoms with E-state index in [-0.39, 0.29) is 5.91 Å². The Labute approximate surface area is 127 Å². The second-order valence-electron chi connectivity index (χ2n) is 4.90. The maximum Gasteiger partial charge on any atom is 0.224 e. The van der Waals surface area contributed by atoms with Gasteiger partial charge in [0.25, 0.3) is 0 Å². The van der Waals surface area contributed by atoms with Gasteiger partial charge in [-0.25, -0.2) is 0 Å². The third-order valence-electron chi connectivity index (χ3n) is 3.40. The van der Waals surface area contributed by atoms with Crippen molar-refractivity contribution in [1.82, 2.24) is 5.32 Å². The van der Waals surface area contributed by atoms with Gasteiger partial charge in [0.2, 0.25) is 5.91 Å². The van der Waals surface area contributed by atoms with E-state index in [1.165, 1.54) is 12.8 Å². The smallest absolute Gasteiger partial charge is 0.224 e. The largest absolute Gasteiger partial charge is 0.325 e. The summed E-state index contributed by atoms with van der Waals surface area (Å²) in [6, 6.07) is 5.46. The summed E-state index contributed by atoms with van der Waals surface area (Å²) < 4.78 is 0.740. The summed E-state index contributed by atoms with van der Waals surface area (Å²) in [6.07, 6.45) is 3.94. The van der Waals surface area contributed by atoms with Gasteiger partial charge in [0.15, 0.2) is 0 Å². The van der Waals surface area contributed by atoms with Crippen LogP contribution >= 0.6 is 27.5 Å². The predicted octanol–water partition coefficient (Wildman–Crippen LogP) is 3.82. The maximum atomic E-state index is 11.9. The van der Waals surface area contributed by atoms with E-state index in [9.17, 15) is 4.79 Å². The van der Waals surface area contributed by atoms with Crippen LogP contribution in [0.1, 0.15) is 25.7 Å². The fraction of sp³-hybridized carbons (Fsp3) is 0.500. The molecule has 1 atom stereocenters. The highest BCUT2D eigenvalue weighted by Gasteiger charge is 2.15. The molecular formula is C14H18BrClN2O. The van der Waals surface area contributed by atoms with E-state index >= 15 is 0 Å². The van der Waals surface area contributed by atoms with Crippen molar-refractivity contribution in [2.45, 2.75) is 25.7 Å². The van der Waals surface area contributed by atoms with Crippen molar-refractivity contribution in [2.24, 2.45) is 5.92 Å². The number of carbonyl (C=O) groups is 1. The summed E-state index contributed by atoms with van der Waals surface area (Å²) in [5.74, 6) is 0.677. The lowest BCUT2D eigenvalue weighted by Crippen LogP contribution is -2.30. The lowest BCUT2D eigenvalue weighted by Gasteiger charge is -2.22. The van der Waals surface area contributed by atoms with Crippen LogP contribution in [-0.4, -0.2) is 19.0 Å². The average molecular weight is 346 g/mol. The van der Waals surface area contributed by atoms with E-state index in [4.69, 9.17) is 11.6 Å². The number of piperidine rings is 1. The summed E-state index contributed by atoms with van der Waals surface area (Å²) in [5, 5.41) is 6.87. The molecule has 0 bridgehead atoms. The van der Waals surface area contributed by atoms with Crippen LogP contribution in [0.15, 0.2) is 22.7 Å². The number of rotatable bonds is 4. The average Bonchev–Trinajstić information content (AvgIpc) is 2.43. The van der Waals surface area contributed by atoms with Gasteiger partial charge in [-0.05, 0) is 66.3 Å². The molecule has 1 aliphatic rings. The van der Waals surface area contributed by atoms with Crippen LogP contribution < -0.4 is 10.6 Å². The van der Waals surface area contributed by atoms with Gasteiger partial charge in [0.05, 0.1) is 15.2 Å². The molecule has 1 aromatic carbocycles. The molecule has 1 aliphatic heterocycles. The number of anilines is 1. The molecule has 0 aliphatic carbocycles. The van der Waals surface area contributed by atoms with Crippen molar-refractivity contribution in [2.75, 3.05) is 18.4 Å². The molecule has 0 aromatic heterocycles. The summed E-state index contributed by atoms with van der Waals surface area (Å²) in [7, 11) is 0. The number of hydrogen-bond donors (Lipinski definition) is 2. The molecule has 2 rings (SSSR count). The van der Waals surface area contributed by atoms with Crippen molar-refractivity contribution < 1.29 is 4.79 Å². The number of benzene rings is 1. The van der Waals surface area contributed by atoms with E-state index in [1.807, 2.05) is 12.1 Å². The van der Waals surface area contributed by atoms with Crippen molar-refractivity contribution in [3.05, 3.63) is 27.7 Å². The fourth-order valence-corrected chi connectivity index (χ4v) is 2.86. The van der Waals surface area contributed by atoms with Crippen LogP contribution in [0, 0.1) is 5.92 Å². The zero-order valence-electron chi connectivity index (χ0n) is 10.7. The molecule has 1 aromatic rings. The quantitative estimate of drug-likeness (QED) is 0.871. The number of halogens is 2. The Morgan fingerprint density at radius 3 is 3.11 bits per heavy atom. The second kappa shape index (κ2) is 7.27. The van der Waals surface area contributed by atoms with Crippen LogP contribution in [0.4, 0.5) is 5.69 Å². The van der Waals surface area contributed by atoms with Gasteiger partial charge in [-0.2, -0.15) is 0 Å². The Morgan fingerprint density at radius 2 is 2.37 bits per heavy atom. The van der Waals surface area contributed by atoms with Gasteiger partial charge in [-0.15, -0.1) is 0 Å². The lowest BCUT2D eigenvalue weighted by atomic mass is 9.94. The van der Waals surface area contributed by atoms with Gasteiger partial charge in [0.1, 0.15) is 0 Å². The normalized spacial score (nSPS) is 19.2. The first-order chi connectivity index (χ1) is 9.16. The molecular weight excluding hydrogens is 328 g/mol. The molecule has 19 heavy (non-hydrogen) atoms. The molecule has 5 heteroatoms. The van der Waals surface area contributed by atoms with Crippen molar-refractivity contribution >= 4 is 39.1 Å². The van der Waals surface area contributed by atoms with Crippen molar-refractivity contribution in [3.63, 3.8) is 0 Å². The fourth-order valence-electron chi connectivity index (χ4n) is 2.32. The number of amides is 1. The van der Waals surface area contributed by atoms with Gasteiger partial charge in [0, 0.05) is 6.42 Å². The number of nitrogens with one attached hydrogen (secondary N) is 2. The zero-order chi connectivity index (χ0) is 13.7. The second-order valence-corrected chi connectivity index (χ2v) is 6.10. The van der Waals surface area contributed by atoms with E-state index in [0.717, 1.165) is 29.7 Å². The van der Waals surface area contributed by atoms with Gasteiger partial charge >= 0.3 is 0 Å². The minimum atomic E-state index is 0.0496. The Kier molecular flexibility index (Phi) is 5.67. The maximum absolute atomic E-state index is 11.9. The Bertz CT molecular complexity index is 447. The highest BCUT2D eigenvalue weighted by atomic mass is 79.9. The van der Waals surface area contributed by atoms with Crippen LogP contribution in [-0.2, 0) is 4.79 Å². The SMILES string of the molecule is O=C(CCC1CCCNC1)Nc1cccc(Cl)c1Br. The highest BCUT2D eigenvalue weighted by molar-refractivity contribution is 9.10. The first-order valence-electron chi connectivity index (χ1n) is 6.61. The molecule has 0 spiro atoms. The number of carbonyl (C=O) groups excluding carboxylic acids is 1. The predicted molar refractivity (Wildman–Crippen MR) is 82.6 cm³/mol. The van der Waals surface area contributed by atoms with Crippen LogP contribution in [0.3, 0.4) is 0 Å². The summed E-state index contributed by atoms with van der Waals surface area (Å²) in [6.45, 7) is 2.15. The highest BCUT2D eigenvalue weighted by Crippen LogP contribution is 2.30. The zero-order valence-corrected chi connectivity index (χ0v) is 13.1. The van der Waals surface area contributed by atoms with Gasteiger partial charge < -0.3 is 10.6 Å². The molecule has 104 valence electrons. The van der Waals surface area contributed by atoms with E-state index < -0.39 is 0 Å². The molecule has 3 nitrogen and oxygen atoms in total. The summed E-state index contributed by atoms with van der Waals surface area (Å²) >= 11 is 9.37. The van der Waals surface area contributed by atoms with E-state index in [2.05, 4.69) is 26.6 Å². The van der Waals surface area contributed by atoms with E-state index in [1.54, 1.807) is 6.07 Å². The minimum Gasteiger partial charge on any atom is -0.325 e. The molecule has 1 fully saturated rings. The Balaban J connectivity index is 1.82. The molecule has 1 amide bonds. The summed E-state index contributed by atoms with van der Waals surface area (Å²) in [5.41, 5.74) is 0.735. The van der Waals surface area contributed by atoms with Gasteiger partial charge in [-0.1, -0.05) is 17.7 Å². The van der Waals surface area contributed by atoms with Gasteiger partial charge in [-0.3, -0.25) is 4.79 Å². The van der Waals surface area contributed by atoms with Crippen LogP contribution in [0.2, 0.25) is 5.02 Å². The first-order valence-corrected chi connectivity index (χ1v) is 7.78. The topological polar surface area (TPSA) is 41.1 Å². The lowest BCUT2D eigenvalue weighted by molar-refractivity contribution is -0.116. The first kappa shape index (κ1) is 14.8. The van der Waals surface area contributed by atoms with Crippen LogP contribution in [0.5, 0.6) is 0 Å². The van der Waals surface area contributed by atoms with Crippen molar-refractivity contribution in [1.29, 1.82) is 0 Å². The molecule has 0 radical (unpaired) electrons. The standard InChI is InChI=1S/C14H18BrClN2O/c15-14-11(16)4-1-5-12(14)18-13(19)7-6-10-3-2-8-17-9-10/h1,4-5,10,17H,2-3,6-9H2,(H,18,19). The molecule has 1 saturated heterocycles. The Morgan fingerprint density at radius 1 is 1.53 bits per heavy atom. The Hall–Kier alpha value is -0.580. The van der Waals surface area contributed by atoms with Crippen molar-refractivity contribution in [3.8, 4) is 0 Å².